The maximum Gasteiger partial charge on any atom is 0.276 e. The fourth-order valence-electron chi connectivity index (χ4n) is 3.02. The number of thioether (sulfide) groups is 1. The molecule has 2 aliphatic heterocycles. The highest BCUT2D eigenvalue weighted by atomic mass is 79.9. The van der Waals surface area contributed by atoms with Crippen molar-refractivity contribution in [3.05, 3.63) is 68.6 Å². The number of hydrogen-bond acceptors (Lipinski definition) is 5. The lowest BCUT2D eigenvalue weighted by Crippen LogP contribution is -2.50. The highest BCUT2D eigenvalue weighted by Crippen LogP contribution is 2.32. The van der Waals surface area contributed by atoms with Crippen molar-refractivity contribution in [3.63, 3.8) is 0 Å². The molecule has 7 heteroatoms. The number of hydrogen-bond donors (Lipinski definition) is 1. The molecule has 2 aliphatic rings. The van der Waals surface area contributed by atoms with Crippen molar-refractivity contribution in [1.82, 2.24) is 10.3 Å². The van der Waals surface area contributed by atoms with Crippen molar-refractivity contribution in [2.75, 3.05) is 6.26 Å². The number of nitrogens with zero attached hydrogens (tertiary/aromatic N) is 3. The minimum Gasteiger partial charge on any atom is -0.298 e. The Morgan fingerprint density at radius 2 is 2.04 bits per heavy atom. The summed E-state index contributed by atoms with van der Waals surface area (Å²) in [5.41, 5.74) is 2.67. The number of hydrazone groups is 1. The van der Waals surface area contributed by atoms with Crippen molar-refractivity contribution in [1.29, 1.82) is 0 Å². The van der Waals surface area contributed by atoms with Crippen LogP contribution in [-0.4, -0.2) is 22.3 Å². The molecule has 0 unspecified atom stereocenters. The number of fused-ring (bicyclic) bond motifs is 2. The van der Waals surface area contributed by atoms with Crippen LogP contribution in [-0.2, 0) is 4.79 Å². The van der Waals surface area contributed by atoms with Crippen LogP contribution in [0.25, 0.3) is 5.70 Å². The van der Waals surface area contributed by atoms with Crippen LogP contribution < -0.4 is 15.9 Å². The van der Waals surface area contributed by atoms with E-state index in [1.165, 1.54) is 11.8 Å². The number of carbonyl (C=O) groups is 1. The smallest absolute Gasteiger partial charge is 0.276 e. The molecule has 0 aliphatic carbocycles. The van der Waals surface area contributed by atoms with E-state index in [4.69, 9.17) is 4.99 Å². The highest BCUT2D eigenvalue weighted by molar-refractivity contribution is 9.10. The first kappa shape index (κ1) is 16.4. The number of benzene rings is 2. The fraction of sp³-hybridized carbons (Fsp3) is 0.167. The summed E-state index contributed by atoms with van der Waals surface area (Å²) >= 11 is 4.88. The molecule has 0 fully saturated rings. The lowest BCUT2D eigenvalue weighted by atomic mass is 10.0. The van der Waals surface area contributed by atoms with Crippen molar-refractivity contribution < 1.29 is 4.79 Å². The van der Waals surface area contributed by atoms with Gasteiger partial charge in [0, 0.05) is 15.3 Å². The zero-order valence-electron chi connectivity index (χ0n) is 13.7. The monoisotopic (exact) mass is 414 g/mol. The van der Waals surface area contributed by atoms with E-state index >= 15 is 0 Å². The normalized spacial score (nSPS) is 18.8. The fourth-order valence-corrected chi connectivity index (χ4v) is 3.75. The van der Waals surface area contributed by atoms with Crippen LogP contribution >= 0.6 is 27.7 Å². The standard InChI is InChI=1S/C18H15BrN4OS/c1-10-5-3-4-6-12(10)16-20-14-8-7-11(19)9-13(14)15-17(24)21-18(25-2)22-23(15)16/h3-9,16H,1-2H3,(H,21,22,24)/t16-/m0/s1. The van der Waals surface area contributed by atoms with Crippen LogP contribution in [0.15, 0.2) is 57.0 Å². The van der Waals surface area contributed by atoms with Gasteiger partial charge in [0.25, 0.3) is 5.91 Å². The number of amidine groups is 1. The average molecular weight is 415 g/mol. The molecule has 2 heterocycles. The number of nitrogens with one attached hydrogen (secondary N) is 1. The minimum atomic E-state index is -0.363. The summed E-state index contributed by atoms with van der Waals surface area (Å²) in [5.74, 6) is -0.160. The third-order valence-electron chi connectivity index (χ3n) is 4.23. The number of aryl methyl sites for hydroxylation is 1. The molecule has 4 rings (SSSR count). The van der Waals surface area contributed by atoms with Gasteiger partial charge in [-0.1, -0.05) is 52.0 Å². The molecule has 5 nitrogen and oxygen atoms in total. The van der Waals surface area contributed by atoms with Gasteiger partial charge in [-0.15, -0.1) is 5.10 Å². The Morgan fingerprint density at radius 3 is 2.80 bits per heavy atom. The van der Waals surface area contributed by atoms with Crippen molar-refractivity contribution >= 4 is 44.5 Å². The quantitative estimate of drug-likeness (QED) is 0.778. The molecule has 25 heavy (non-hydrogen) atoms. The topological polar surface area (TPSA) is 57.1 Å². The van der Waals surface area contributed by atoms with Gasteiger partial charge in [0.1, 0.15) is 5.70 Å². The second-order valence-electron chi connectivity index (χ2n) is 5.78. The Kier molecular flexibility index (Phi) is 4.13. The molecule has 0 saturated heterocycles. The van der Waals surface area contributed by atoms with Gasteiger partial charge in [0.15, 0.2) is 11.3 Å². The molecule has 1 N–H and O–H groups in total. The van der Waals surface area contributed by atoms with Gasteiger partial charge < -0.3 is 0 Å². The number of carbonyl (C=O) groups excluding carboxylic acids is 1. The Bertz CT molecular complexity index is 1030. The largest absolute Gasteiger partial charge is 0.298 e. The molecule has 1 amide bonds. The van der Waals surface area contributed by atoms with Crippen molar-refractivity contribution in [3.8, 4) is 0 Å². The van der Waals surface area contributed by atoms with E-state index in [0.717, 1.165) is 26.2 Å². The van der Waals surface area contributed by atoms with Gasteiger partial charge in [-0.25, -0.2) is 5.01 Å². The molecule has 0 bridgehead atoms. The number of halogens is 1. The molecular weight excluding hydrogens is 400 g/mol. The first-order chi connectivity index (χ1) is 12.1. The van der Waals surface area contributed by atoms with Crippen LogP contribution in [0.2, 0.25) is 0 Å². The van der Waals surface area contributed by atoms with E-state index in [2.05, 4.69) is 26.3 Å². The molecule has 2 aromatic carbocycles. The third-order valence-corrected chi connectivity index (χ3v) is 5.29. The predicted molar refractivity (Wildman–Crippen MR) is 103 cm³/mol. The molecule has 1 atom stereocenters. The average Bonchev–Trinajstić information content (AvgIpc) is 2.61. The second-order valence-corrected chi connectivity index (χ2v) is 7.49. The lowest BCUT2D eigenvalue weighted by molar-refractivity contribution is -0.116. The molecule has 126 valence electrons. The summed E-state index contributed by atoms with van der Waals surface area (Å²) in [7, 11) is 0. The van der Waals surface area contributed by atoms with Gasteiger partial charge in [-0.3, -0.25) is 15.1 Å². The van der Waals surface area contributed by atoms with Crippen LogP contribution in [0.3, 0.4) is 0 Å². The van der Waals surface area contributed by atoms with Gasteiger partial charge in [-0.05, 0) is 36.9 Å². The first-order valence-electron chi connectivity index (χ1n) is 7.75. The zero-order valence-corrected chi connectivity index (χ0v) is 16.1. The van der Waals surface area contributed by atoms with Crippen molar-refractivity contribution in [2.24, 2.45) is 10.1 Å². The predicted octanol–water partition coefficient (Wildman–Crippen LogP) is 2.26. The van der Waals surface area contributed by atoms with E-state index in [1.807, 2.05) is 55.6 Å². The molecule has 0 spiro atoms. The minimum absolute atomic E-state index is 0.160. The Hall–Kier alpha value is -2.12. The summed E-state index contributed by atoms with van der Waals surface area (Å²) < 4.78 is 0.899. The van der Waals surface area contributed by atoms with Gasteiger partial charge in [-0.2, -0.15) is 0 Å². The Labute approximate surface area is 157 Å². The maximum atomic E-state index is 12.8. The number of rotatable bonds is 1. The summed E-state index contributed by atoms with van der Waals surface area (Å²) in [6.45, 7) is 2.05. The van der Waals surface area contributed by atoms with E-state index in [9.17, 15) is 4.79 Å². The summed E-state index contributed by atoms with van der Waals surface area (Å²) in [6.07, 6.45) is 1.52. The zero-order chi connectivity index (χ0) is 17.6. The van der Waals surface area contributed by atoms with Crippen molar-refractivity contribution in [2.45, 2.75) is 13.1 Å². The SMILES string of the molecule is CSC1=NN2C(=c3cc(Br)ccc3=N[C@@H]2c2ccccc2C)C(=O)N1. The second kappa shape index (κ2) is 6.31. The maximum absolute atomic E-state index is 12.8. The molecule has 0 saturated carbocycles. The Balaban J connectivity index is 2.03. The van der Waals surface area contributed by atoms with Crippen LogP contribution in [0, 0.1) is 6.92 Å². The van der Waals surface area contributed by atoms with E-state index < -0.39 is 0 Å². The summed E-state index contributed by atoms with van der Waals surface area (Å²) in [4.78, 5) is 17.7. The molecular formula is C18H15BrN4OS. The van der Waals surface area contributed by atoms with E-state index in [1.54, 1.807) is 5.01 Å². The van der Waals surface area contributed by atoms with Gasteiger partial charge in [0.2, 0.25) is 0 Å². The van der Waals surface area contributed by atoms with E-state index in [0.29, 0.717) is 10.9 Å². The first-order valence-corrected chi connectivity index (χ1v) is 9.76. The third kappa shape index (κ3) is 2.77. The summed E-state index contributed by atoms with van der Waals surface area (Å²) in [5, 5.41) is 11.4. The van der Waals surface area contributed by atoms with Gasteiger partial charge >= 0.3 is 0 Å². The van der Waals surface area contributed by atoms with Gasteiger partial charge in [0.05, 0.1) is 5.36 Å². The highest BCUT2D eigenvalue weighted by Gasteiger charge is 2.34. The van der Waals surface area contributed by atoms with E-state index in [-0.39, 0.29) is 12.1 Å². The lowest BCUT2D eigenvalue weighted by Gasteiger charge is -2.34. The van der Waals surface area contributed by atoms with Crippen LogP contribution in [0.1, 0.15) is 17.3 Å². The molecule has 2 aromatic rings. The van der Waals surface area contributed by atoms with Crippen LogP contribution in [0.4, 0.5) is 0 Å². The number of amides is 1. The molecule has 0 radical (unpaired) electrons. The molecule has 0 aromatic heterocycles. The summed E-state index contributed by atoms with van der Waals surface area (Å²) in [6, 6.07) is 13.8. The van der Waals surface area contributed by atoms with Crippen LogP contribution in [0.5, 0.6) is 0 Å². The Morgan fingerprint density at radius 1 is 1.24 bits per heavy atom.